The Morgan fingerprint density at radius 3 is 2.50 bits per heavy atom. The van der Waals surface area contributed by atoms with Crippen LogP contribution in [-0.2, 0) is 9.59 Å². The minimum atomic E-state index is -0.802. The summed E-state index contributed by atoms with van der Waals surface area (Å²) in [7, 11) is 1.85. The Balaban J connectivity index is 1.91. The van der Waals surface area contributed by atoms with Crippen LogP contribution in [0.5, 0.6) is 0 Å². The van der Waals surface area contributed by atoms with Crippen LogP contribution in [0.4, 0.5) is 4.79 Å². The number of carbonyl (C=O) groups is 3. The molecule has 1 spiro atoms. The average Bonchev–Trinajstić information content (AvgIpc) is 2.83. The van der Waals surface area contributed by atoms with Crippen molar-refractivity contribution in [3.63, 3.8) is 0 Å². The molecule has 26 heavy (non-hydrogen) atoms. The highest BCUT2D eigenvalue weighted by atomic mass is 16.2. The summed E-state index contributed by atoms with van der Waals surface area (Å²) < 4.78 is 0. The first kappa shape index (κ1) is 20.7. The Kier molecular flexibility index (Phi) is 6.66. The van der Waals surface area contributed by atoms with Gasteiger partial charge in [-0.15, -0.1) is 0 Å². The standard InChI is InChI=1S/C19H34N4O3/c1-5-18(2,3)14-7-9-19(10-8-14)16(25)23(17(26)22-19)13-15(24)21-12-6-11-20-4/h14,20H,5-13H2,1-4H3,(H,21,24)(H,22,26). The van der Waals surface area contributed by atoms with Crippen LogP contribution in [0.25, 0.3) is 0 Å². The van der Waals surface area contributed by atoms with Gasteiger partial charge in [0.25, 0.3) is 5.91 Å². The maximum Gasteiger partial charge on any atom is 0.325 e. The van der Waals surface area contributed by atoms with Gasteiger partial charge in [0.2, 0.25) is 5.91 Å². The van der Waals surface area contributed by atoms with E-state index < -0.39 is 11.6 Å². The van der Waals surface area contributed by atoms with E-state index in [9.17, 15) is 14.4 Å². The van der Waals surface area contributed by atoms with E-state index in [1.807, 2.05) is 7.05 Å². The van der Waals surface area contributed by atoms with E-state index in [0.717, 1.165) is 37.1 Å². The summed E-state index contributed by atoms with van der Waals surface area (Å²) in [4.78, 5) is 38.3. The molecule has 7 heteroatoms. The fourth-order valence-corrected chi connectivity index (χ4v) is 4.03. The van der Waals surface area contributed by atoms with E-state index in [2.05, 4.69) is 36.7 Å². The zero-order valence-corrected chi connectivity index (χ0v) is 16.6. The molecule has 3 N–H and O–H groups in total. The molecule has 2 fully saturated rings. The van der Waals surface area contributed by atoms with E-state index in [4.69, 9.17) is 0 Å². The maximum atomic E-state index is 12.9. The van der Waals surface area contributed by atoms with Gasteiger partial charge in [0.15, 0.2) is 0 Å². The van der Waals surface area contributed by atoms with Gasteiger partial charge in [-0.25, -0.2) is 4.79 Å². The Hall–Kier alpha value is -1.63. The Labute approximate surface area is 156 Å². The molecule has 7 nitrogen and oxygen atoms in total. The van der Waals surface area contributed by atoms with Crippen molar-refractivity contribution in [2.75, 3.05) is 26.7 Å². The molecule has 0 aromatic rings. The Morgan fingerprint density at radius 2 is 1.92 bits per heavy atom. The molecule has 0 unspecified atom stereocenters. The molecule has 1 saturated heterocycles. The molecule has 148 valence electrons. The van der Waals surface area contributed by atoms with Crippen molar-refractivity contribution < 1.29 is 14.4 Å². The van der Waals surface area contributed by atoms with Gasteiger partial charge in [0, 0.05) is 6.54 Å². The fourth-order valence-electron chi connectivity index (χ4n) is 4.03. The van der Waals surface area contributed by atoms with E-state index in [1.165, 1.54) is 0 Å². The first-order valence-electron chi connectivity index (χ1n) is 9.81. The van der Waals surface area contributed by atoms with Crippen LogP contribution in [0, 0.1) is 11.3 Å². The second-order valence-corrected chi connectivity index (χ2v) is 8.33. The van der Waals surface area contributed by atoms with Crippen LogP contribution in [-0.4, -0.2) is 55.0 Å². The van der Waals surface area contributed by atoms with E-state index >= 15 is 0 Å². The van der Waals surface area contributed by atoms with Gasteiger partial charge in [-0.05, 0) is 57.0 Å². The third-order valence-electron chi connectivity index (χ3n) is 6.33. The number of imide groups is 1. The Morgan fingerprint density at radius 1 is 1.27 bits per heavy atom. The van der Waals surface area contributed by atoms with Crippen LogP contribution in [0.15, 0.2) is 0 Å². The van der Waals surface area contributed by atoms with Crippen molar-refractivity contribution >= 4 is 17.8 Å². The summed E-state index contributed by atoms with van der Waals surface area (Å²) in [6, 6.07) is -0.437. The highest BCUT2D eigenvalue weighted by Crippen LogP contribution is 2.45. The molecule has 1 saturated carbocycles. The first-order valence-corrected chi connectivity index (χ1v) is 9.81. The predicted molar refractivity (Wildman–Crippen MR) is 101 cm³/mol. The zero-order valence-electron chi connectivity index (χ0n) is 16.6. The van der Waals surface area contributed by atoms with Crippen LogP contribution < -0.4 is 16.0 Å². The molecule has 0 aromatic heterocycles. The summed E-state index contributed by atoms with van der Waals surface area (Å²) in [5, 5.41) is 8.65. The smallest absolute Gasteiger partial charge is 0.325 e. The van der Waals surface area contributed by atoms with E-state index in [1.54, 1.807) is 0 Å². The number of nitrogens with one attached hydrogen (secondary N) is 3. The molecule has 1 aliphatic heterocycles. The normalized spacial score (nSPS) is 26.3. The van der Waals surface area contributed by atoms with Gasteiger partial charge < -0.3 is 16.0 Å². The number of urea groups is 1. The zero-order chi connectivity index (χ0) is 19.4. The molecule has 0 atom stereocenters. The highest BCUT2D eigenvalue weighted by Gasteiger charge is 2.53. The quantitative estimate of drug-likeness (QED) is 0.450. The Bertz CT molecular complexity index is 539. The summed E-state index contributed by atoms with van der Waals surface area (Å²) in [5.74, 6) is 0.0374. The number of nitrogens with zero attached hydrogens (tertiary/aromatic N) is 1. The number of rotatable bonds is 8. The van der Waals surface area contributed by atoms with Crippen molar-refractivity contribution in [3.8, 4) is 0 Å². The third-order valence-corrected chi connectivity index (χ3v) is 6.33. The summed E-state index contributed by atoms with van der Waals surface area (Å²) in [6.45, 7) is 7.88. The molecule has 1 heterocycles. The molecule has 1 aliphatic carbocycles. The van der Waals surface area contributed by atoms with Crippen molar-refractivity contribution in [1.29, 1.82) is 0 Å². The minimum absolute atomic E-state index is 0.199. The fraction of sp³-hybridized carbons (Fsp3) is 0.842. The number of hydrogen-bond acceptors (Lipinski definition) is 4. The summed E-state index contributed by atoms with van der Waals surface area (Å²) in [5.41, 5.74) is -0.552. The lowest BCUT2D eigenvalue weighted by molar-refractivity contribution is -0.136. The largest absolute Gasteiger partial charge is 0.354 e. The number of carbonyl (C=O) groups excluding carboxylic acids is 3. The molecular formula is C19H34N4O3. The van der Waals surface area contributed by atoms with Gasteiger partial charge in [-0.2, -0.15) is 0 Å². The lowest BCUT2D eigenvalue weighted by Gasteiger charge is -2.42. The second kappa shape index (κ2) is 8.37. The molecule has 0 radical (unpaired) electrons. The van der Waals surface area contributed by atoms with Crippen molar-refractivity contribution in [1.82, 2.24) is 20.9 Å². The second-order valence-electron chi connectivity index (χ2n) is 8.33. The first-order chi connectivity index (χ1) is 12.3. The van der Waals surface area contributed by atoms with Crippen molar-refractivity contribution in [2.45, 2.75) is 64.8 Å². The van der Waals surface area contributed by atoms with Crippen molar-refractivity contribution in [2.24, 2.45) is 11.3 Å². The molecule has 2 aliphatic rings. The van der Waals surface area contributed by atoms with Crippen LogP contribution in [0.3, 0.4) is 0 Å². The van der Waals surface area contributed by atoms with Gasteiger partial charge >= 0.3 is 6.03 Å². The molecule has 0 bridgehead atoms. The monoisotopic (exact) mass is 366 g/mol. The molecule has 4 amide bonds. The van der Waals surface area contributed by atoms with Gasteiger partial charge in [-0.3, -0.25) is 14.5 Å². The number of hydrogen-bond donors (Lipinski definition) is 3. The topological polar surface area (TPSA) is 90.5 Å². The third kappa shape index (κ3) is 4.37. The van der Waals surface area contributed by atoms with Crippen molar-refractivity contribution in [3.05, 3.63) is 0 Å². The summed E-state index contributed by atoms with van der Waals surface area (Å²) in [6.07, 6.45) is 5.08. The summed E-state index contributed by atoms with van der Waals surface area (Å²) >= 11 is 0. The maximum absolute atomic E-state index is 12.9. The predicted octanol–water partition coefficient (Wildman–Crippen LogP) is 1.63. The average molecular weight is 367 g/mol. The van der Waals surface area contributed by atoms with Gasteiger partial charge in [0.05, 0.1) is 0 Å². The van der Waals surface area contributed by atoms with E-state index in [-0.39, 0.29) is 23.8 Å². The van der Waals surface area contributed by atoms with Gasteiger partial charge in [0.1, 0.15) is 12.1 Å². The SMILES string of the molecule is CCC(C)(C)C1CCC2(CC1)NC(=O)N(CC(=O)NCCCNC)C2=O. The molecule has 2 rings (SSSR count). The van der Waals surface area contributed by atoms with E-state index in [0.29, 0.717) is 25.3 Å². The van der Waals surface area contributed by atoms with Gasteiger partial charge in [-0.1, -0.05) is 27.2 Å². The molecule has 0 aromatic carbocycles. The highest BCUT2D eigenvalue weighted by molar-refractivity contribution is 6.09. The lowest BCUT2D eigenvalue weighted by Crippen LogP contribution is -2.51. The van der Waals surface area contributed by atoms with Crippen LogP contribution in [0.2, 0.25) is 0 Å². The molecular weight excluding hydrogens is 332 g/mol. The lowest BCUT2D eigenvalue weighted by atomic mass is 9.65. The number of amides is 4. The van der Waals surface area contributed by atoms with Crippen LogP contribution >= 0.6 is 0 Å². The van der Waals surface area contributed by atoms with Crippen LogP contribution in [0.1, 0.15) is 59.3 Å². The minimum Gasteiger partial charge on any atom is -0.354 e.